The molecule has 1 aliphatic heterocycles. The lowest BCUT2D eigenvalue weighted by Gasteiger charge is -2.37. The molecule has 0 radical (unpaired) electrons. The summed E-state index contributed by atoms with van der Waals surface area (Å²) in [6.45, 7) is 9.79. The lowest BCUT2D eigenvalue weighted by atomic mass is 9.84. The molecule has 270 valence electrons. The Morgan fingerprint density at radius 2 is 1.53 bits per heavy atom. The number of nitrogens with zero attached hydrogens (tertiary/aromatic N) is 1. The predicted molar refractivity (Wildman–Crippen MR) is 187 cm³/mol. The number of nitrogens with one attached hydrogen (secondary N) is 3. The van der Waals surface area contributed by atoms with Crippen LogP contribution in [0.5, 0.6) is 0 Å². The zero-order valence-electron chi connectivity index (χ0n) is 30.0. The summed E-state index contributed by atoms with van der Waals surface area (Å²) in [7, 11) is 0. The van der Waals surface area contributed by atoms with E-state index in [1.54, 1.807) is 24.3 Å². The average Bonchev–Trinajstić information content (AvgIpc) is 3.51. The number of unbranched alkanes of at least 4 members (excludes halogenated alkanes) is 1. The van der Waals surface area contributed by atoms with E-state index >= 15 is 0 Å². The fourth-order valence-corrected chi connectivity index (χ4v) is 7.58. The molecular weight excluding hydrogens is 622 g/mol. The number of rotatable bonds is 16. The minimum Gasteiger partial charge on any atom is -0.363 e. The maximum absolute atomic E-state index is 14.4. The molecule has 3 fully saturated rings. The van der Waals surface area contributed by atoms with Crippen LogP contribution in [0.4, 0.5) is 4.79 Å². The van der Waals surface area contributed by atoms with Gasteiger partial charge >= 0.3 is 6.03 Å². The van der Waals surface area contributed by atoms with E-state index in [1.807, 2.05) is 40.7 Å². The Balaban J connectivity index is 1.51. The topological polar surface area (TPSA) is 168 Å². The second kappa shape index (κ2) is 16.8. The second-order valence-corrected chi connectivity index (χ2v) is 15.9. The van der Waals surface area contributed by atoms with Crippen molar-refractivity contribution in [3.05, 3.63) is 35.9 Å². The van der Waals surface area contributed by atoms with Crippen molar-refractivity contribution in [1.29, 1.82) is 0 Å². The van der Waals surface area contributed by atoms with E-state index in [9.17, 15) is 28.8 Å². The normalized spacial score (nSPS) is 21.6. The third kappa shape index (κ3) is 10.1. The average molecular weight is 680 g/mol. The van der Waals surface area contributed by atoms with Crippen molar-refractivity contribution in [2.45, 2.75) is 129 Å². The number of carbonyl (C=O) groups excluding carboxylic acids is 6. The van der Waals surface area contributed by atoms with Gasteiger partial charge in [-0.2, -0.15) is 0 Å². The van der Waals surface area contributed by atoms with Crippen molar-refractivity contribution < 1.29 is 28.8 Å². The summed E-state index contributed by atoms with van der Waals surface area (Å²) in [4.78, 5) is 81.9. The van der Waals surface area contributed by atoms with E-state index in [-0.39, 0.29) is 23.5 Å². The maximum Gasteiger partial charge on any atom is 0.316 e. The molecule has 11 heteroatoms. The lowest BCUT2D eigenvalue weighted by Crippen LogP contribution is -2.62. The number of urea groups is 1. The van der Waals surface area contributed by atoms with Gasteiger partial charge in [-0.25, -0.2) is 4.79 Å². The third-order valence-electron chi connectivity index (χ3n) is 10.7. The molecule has 11 nitrogen and oxygen atoms in total. The molecule has 0 bridgehead atoms. The molecule has 5 N–H and O–H groups in total. The molecule has 1 aromatic carbocycles. The highest BCUT2D eigenvalue weighted by Gasteiger charge is 2.48. The van der Waals surface area contributed by atoms with E-state index in [1.165, 1.54) is 17.7 Å². The van der Waals surface area contributed by atoms with Crippen molar-refractivity contribution >= 4 is 35.3 Å². The standard InChI is InChI=1S/C38H57N5O6/c1-23(2)27-21-22-43(30(27)35(47)40-28(32(45)34(39)46)18-12-9-13-24-19-20-24)36(48)33(38(3,4)5)42-37(49)41-29(25-14-10-11-15-25)31(44)26-16-7-6-8-17-26/h6-8,16-17,23-25,27-30,33H,9-15,18-22H2,1-5H3,(H2,39,46)(H,40,47)(H2,41,42,49)/t27-,28?,29+,30+,33-/m1/s1. The van der Waals surface area contributed by atoms with E-state index in [2.05, 4.69) is 16.0 Å². The van der Waals surface area contributed by atoms with Gasteiger partial charge in [0.2, 0.25) is 17.6 Å². The molecule has 5 atom stereocenters. The number of carbonyl (C=O) groups is 6. The van der Waals surface area contributed by atoms with Gasteiger partial charge in [0, 0.05) is 12.1 Å². The van der Waals surface area contributed by atoms with Crippen LogP contribution in [-0.2, 0) is 19.2 Å². The Hall–Kier alpha value is -3.76. The maximum atomic E-state index is 14.4. The van der Waals surface area contributed by atoms with Gasteiger partial charge in [0.05, 0.1) is 12.1 Å². The number of hydrogen-bond donors (Lipinski definition) is 4. The molecule has 0 spiro atoms. The first kappa shape index (κ1) is 38.0. The van der Waals surface area contributed by atoms with Gasteiger partial charge in [0.1, 0.15) is 12.1 Å². The summed E-state index contributed by atoms with van der Waals surface area (Å²) in [5.74, 6) is -2.46. The van der Waals surface area contributed by atoms with Gasteiger partial charge in [-0.15, -0.1) is 0 Å². The van der Waals surface area contributed by atoms with Crippen LogP contribution in [0.2, 0.25) is 0 Å². The molecule has 1 heterocycles. The Bertz CT molecular complexity index is 1350. The van der Waals surface area contributed by atoms with Gasteiger partial charge in [0.25, 0.3) is 5.91 Å². The van der Waals surface area contributed by atoms with Crippen molar-refractivity contribution in [2.24, 2.45) is 34.8 Å². The van der Waals surface area contributed by atoms with E-state index in [4.69, 9.17) is 5.73 Å². The van der Waals surface area contributed by atoms with Gasteiger partial charge in [-0.3, -0.25) is 24.0 Å². The van der Waals surface area contributed by atoms with E-state index in [0.29, 0.717) is 31.4 Å². The fraction of sp³-hybridized carbons (Fsp3) is 0.684. The molecular formula is C38H57N5O6. The minimum atomic E-state index is -1.10. The van der Waals surface area contributed by atoms with E-state index < -0.39 is 59.1 Å². The lowest BCUT2D eigenvalue weighted by molar-refractivity contribution is -0.144. The Morgan fingerprint density at radius 3 is 2.10 bits per heavy atom. The van der Waals surface area contributed by atoms with Crippen LogP contribution in [0.3, 0.4) is 0 Å². The number of benzene rings is 1. The van der Waals surface area contributed by atoms with Crippen molar-refractivity contribution in [1.82, 2.24) is 20.9 Å². The van der Waals surface area contributed by atoms with Crippen LogP contribution in [0.1, 0.15) is 116 Å². The number of likely N-dealkylation sites (tertiary alicyclic amines) is 1. The third-order valence-corrected chi connectivity index (χ3v) is 10.7. The van der Waals surface area contributed by atoms with Crippen LogP contribution < -0.4 is 21.7 Å². The molecule has 2 saturated carbocycles. The Labute approximate surface area is 291 Å². The molecule has 0 aromatic heterocycles. The van der Waals surface area contributed by atoms with Crippen molar-refractivity contribution in [3.63, 3.8) is 0 Å². The first-order valence-electron chi connectivity index (χ1n) is 18.3. The molecule has 2 aliphatic carbocycles. The van der Waals surface area contributed by atoms with Crippen LogP contribution >= 0.6 is 0 Å². The summed E-state index contributed by atoms with van der Waals surface area (Å²) >= 11 is 0. The van der Waals surface area contributed by atoms with Crippen molar-refractivity contribution in [2.75, 3.05) is 6.54 Å². The SMILES string of the molecule is CC(C)[C@H]1CCN(C(=O)[C@@H](NC(=O)N[C@H](C(=O)c2ccccc2)C2CCCC2)C(C)(C)C)[C@@H]1C(=O)NC(CCCCC1CC1)C(=O)C(N)=O. The molecule has 49 heavy (non-hydrogen) atoms. The summed E-state index contributed by atoms with van der Waals surface area (Å²) in [5, 5.41) is 8.60. The minimum absolute atomic E-state index is 0.00883. The van der Waals surface area contributed by atoms with Crippen molar-refractivity contribution in [3.8, 4) is 0 Å². The summed E-state index contributed by atoms with van der Waals surface area (Å²) in [5.41, 5.74) is 5.14. The van der Waals surface area contributed by atoms with Gasteiger partial charge in [-0.05, 0) is 54.8 Å². The highest BCUT2D eigenvalue weighted by atomic mass is 16.2. The molecule has 1 saturated heterocycles. The number of hydrogen-bond acceptors (Lipinski definition) is 6. The van der Waals surface area contributed by atoms with Crippen LogP contribution in [-0.4, -0.2) is 70.9 Å². The highest BCUT2D eigenvalue weighted by Crippen LogP contribution is 2.35. The Kier molecular flexibility index (Phi) is 13.0. The number of Topliss-reactive ketones (excluding diaryl/α,β-unsaturated/α-hetero) is 2. The van der Waals surface area contributed by atoms with Crippen LogP contribution in [0.15, 0.2) is 30.3 Å². The Morgan fingerprint density at radius 1 is 0.878 bits per heavy atom. The largest absolute Gasteiger partial charge is 0.363 e. The van der Waals surface area contributed by atoms with Gasteiger partial charge < -0.3 is 26.6 Å². The first-order valence-corrected chi connectivity index (χ1v) is 18.3. The van der Waals surface area contributed by atoms with Gasteiger partial charge in [0.15, 0.2) is 5.78 Å². The molecule has 5 amide bonds. The smallest absolute Gasteiger partial charge is 0.316 e. The molecule has 1 aromatic rings. The summed E-state index contributed by atoms with van der Waals surface area (Å²) < 4.78 is 0. The van der Waals surface area contributed by atoms with E-state index in [0.717, 1.165) is 44.4 Å². The molecule has 1 unspecified atom stereocenters. The summed E-state index contributed by atoms with van der Waals surface area (Å²) in [6, 6.07) is 4.57. The molecule has 4 rings (SSSR count). The predicted octanol–water partition coefficient (Wildman–Crippen LogP) is 4.52. The fourth-order valence-electron chi connectivity index (χ4n) is 7.58. The number of amides is 5. The van der Waals surface area contributed by atoms with Crippen LogP contribution in [0.25, 0.3) is 0 Å². The highest BCUT2D eigenvalue weighted by molar-refractivity contribution is 6.37. The van der Waals surface area contributed by atoms with Gasteiger partial charge in [-0.1, -0.05) is 110 Å². The first-order chi connectivity index (χ1) is 23.2. The second-order valence-electron chi connectivity index (χ2n) is 15.9. The summed E-state index contributed by atoms with van der Waals surface area (Å²) in [6.07, 6.45) is 9.55. The number of primary amides is 1. The van der Waals surface area contributed by atoms with Crippen LogP contribution in [0, 0.1) is 29.1 Å². The number of nitrogens with two attached hydrogens (primary N) is 1. The zero-order chi connectivity index (χ0) is 35.9. The monoisotopic (exact) mass is 679 g/mol. The molecule has 3 aliphatic rings. The number of ketones is 2. The quantitative estimate of drug-likeness (QED) is 0.114. The zero-order valence-corrected chi connectivity index (χ0v) is 30.0.